The van der Waals surface area contributed by atoms with Crippen LogP contribution in [0.15, 0.2) is 47.4 Å². The van der Waals surface area contributed by atoms with Gasteiger partial charge in [-0.1, -0.05) is 23.7 Å². The highest BCUT2D eigenvalue weighted by molar-refractivity contribution is 7.89. The summed E-state index contributed by atoms with van der Waals surface area (Å²) in [5.74, 6) is -0.0950. The van der Waals surface area contributed by atoms with Gasteiger partial charge >= 0.3 is 0 Å². The third kappa shape index (κ3) is 5.27. The first kappa shape index (κ1) is 22.4. The second kappa shape index (κ2) is 9.71. The molecule has 0 radical (unpaired) electrons. The molecule has 2 aromatic rings. The number of hydrogen-bond donors (Lipinski definition) is 1. The van der Waals surface area contributed by atoms with Crippen molar-refractivity contribution in [2.24, 2.45) is 0 Å². The van der Waals surface area contributed by atoms with E-state index < -0.39 is 14.9 Å². The molecular weight excluding hydrogens is 434 g/mol. The number of nitro groups is 1. The summed E-state index contributed by atoms with van der Waals surface area (Å²) in [5, 5.41) is 11.5. The third-order valence-corrected chi connectivity index (χ3v) is 6.53. The van der Waals surface area contributed by atoms with Crippen LogP contribution >= 0.6 is 11.6 Å². The van der Waals surface area contributed by atoms with Gasteiger partial charge in [-0.05, 0) is 23.8 Å². The summed E-state index contributed by atoms with van der Waals surface area (Å²) in [4.78, 5) is 12.3. The number of nitrogens with one attached hydrogen (secondary N) is 1. The summed E-state index contributed by atoms with van der Waals surface area (Å²) in [6.07, 6.45) is 0. The van der Waals surface area contributed by atoms with Crippen molar-refractivity contribution in [2.75, 3.05) is 40.0 Å². The Morgan fingerprint density at radius 1 is 1.27 bits per heavy atom. The van der Waals surface area contributed by atoms with Crippen molar-refractivity contribution in [3.05, 3.63) is 63.2 Å². The highest BCUT2D eigenvalue weighted by atomic mass is 35.5. The monoisotopic (exact) mass is 455 g/mol. The lowest BCUT2D eigenvalue weighted by Gasteiger charge is -2.35. The normalized spacial score (nSPS) is 16.2. The molecule has 0 spiro atoms. The van der Waals surface area contributed by atoms with Crippen molar-refractivity contribution in [2.45, 2.75) is 10.9 Å². The number of hydrogen-bond acceptors (Lipinski definition) is 7. The van der Waals surface area contributed by atoms with Crippen LogP contribution in [0.25, 0.3) is 0 Å². The Kier molecular flexibility index (Phi) is 7.27. The minimum Gasteiger partial charge on any atom is -0.495 e. The molecule has 11 heteroatoms. The first-order valence-corrected chi connectivity index (χ1v) is 11.1. The topological polar surface area (TPSA) is 111 Å². The second-order valence-electron chi connectivity index (χ2n) is 6.66. The van der Waals surface area contributed by atoms with Crippen LogP contribution in [0.5, 0.6) is 5.75 Å². The number of rotatable bonds is 8. The Bertz CT molecular complexity index is 1010. The molecule has 1 atom stereocenters. The van der Waals surface area contributed by atoms with Crippen molar-refractivity contribution in [1.29, 1.82) is 0 Å². The number of nitrogens with zero attached hydrogens (tertiary/aromatic N) is 2. The Morgan fingerprint density at radius 3 is 2.63 bits per heavy atom. The number of ether oxygens (including phenoxy) is 2. The van der Waals surface area contributed by atoms with Crippen LogP contribution in [0.1, 0.15) is 11.6 Å². The lowest BCUT2D eigenvalue weighted by molar-refractivity contribution is -0.385. The molecule has 1 aliphatic rings. The zero-order valence-electron chi connectivity index (χ0n) is 16.3. The minimum absolute atomic E-state index is 0.0861. The number of morpholine rings is 1. The smallest absolute Gasteiger partial charge is 0.273 e. The summed E-state index contributed by atoms with van der Waals surface area (Å²) < 4.78 is 39.0. The molecule has 0 saturated carbocycles. The molecule has 1 saturated heterocycles. The van der Waals surface area contributed by atoms with Gasteiger partial charge in [-0.25, -0.2) is 13.1 Å². The van der Waals surface area contributed by atoms with Gasteiger partial charge in [-0.2, -0.15) is 0 Å². The second-order valence-corrected chi connectivity index (χ2v) is 8.84. The van der Waals surface area contributed by atoms with E-state index in [4.69, 9.17) is 21.1 Å². The average molecular weight is 456 g/mol. The molecule has 1 fully saturated rings. The van der Waals surface area contributed by atoms with Gasteiger partial charge in [0, 0.05) is 36.8 Å². The highest BCUT2D eigenvalue weighted by Crippen LogP contribution is 2.29. The summed E-state index contributed by atoms with van der Waals surface area (Å²) in [5.41, 5.74) is 0.624. The lowest BCUT2D eigenvalue weighted by atomic mass is 10.1. The first-order chi connectivity index (χ1) is 14.3. The average Bonchev–Trinajstić information content (AvgIpc) is 2.74. The summed E-state index contributed by atoms with van der Waals surface area (Å²) >= 11 is 6.14. The summed E-state index contributed by atoms with van der Waals surface area (Å²) in [6, 6.07) is 10.4. The van der Waals surface area contributed by atoms with Crippen molar-refractivity contribution < 1.29 is 22.8 Å². The summed E-state index contributed by atoms with van der Waals surface area (Å²) in [6.45, 7) is 2.50. The number of nitro benzene ring substituents is 1. The predicted octanol–water partition coefficient (Wildman–Crippen LogP) is 2.61. The molecule has 2 aromatic carbocycles. The zero-order valence-corrected chi connectivity index (χ0v) is 17.9. The number of non-ortho nitro benzene ring substituents is 1. The Hall–Kier alpha value is -2.24. The molecule has 9 nitrogen and oxygen atoms in total. The predicted molar refractivity (Wildman–Crippen MR) is 111 cm³/mol. The maximum absolute atomic E-state index is 12.9. The molecular formula is C19H22ClN3O6S. The fraction of sp³-hybridized carbons (Fsp3) is 0.368. The van der Waals surface area contributed by atoms with Crippen molar-refractivity contribution in [1.82, 2.24) is 9.62 Å². The Balaban J connectivity index is 1.86. The molecule has 162 valence electrons. The van der Waals surface area contributed by atoms with Gasteiger partial charge in [0.15, 0.2) is 0 Å². The molecule has 3 rings (SSSR count). The van der Waals surface area contributed by atoms with Crippen LogP contribution in [0.3, 0.4) is 0 Å². The van der Waals surface area contributed by atoms with Crippen LogP contribution in [-0.2, 0) is 14.8 Å². The Morgan fingerprint density at radius 2 is 2.00 bits per heavy atom. The lowest BCUT2D eigenvalue weighted by Crippen LogP contribution is -2.43. The van der Waals surface area contributed by atoms with E-state index in [1.807, 2.05) is 18.2 Å². The molecule has 1 heterocycles. The number of halogens is 1. The number of sulfonamides is 1. The maximum Gasteiger partial charge on any atom is 0.273 e. The van der Waals surface area contributed by atoms with Gasteiger partial charge in [0.25, 0.3) is 5.69 Å². The molecule has 1 aliphatic heterocycles. The van der Waals surface area contributed by atoms with Gasteiger partial charge < -0.3 is 9.47 Å². The quantitative estimate of drug-likeness (QED) is 0.481. The van der Waals surface area contributed by atoms with Gasteiger partial charge in [-0.3, -0.25) is 15.0 Å². The van der Waals surface area contributed by atoms with E-state index in [1.54, 1.807) is 6.07 Å². The van der Waals surface area contributed by atoms with Gasteiger partial charge in [0.05, 0.1) is 31.3 Å². The fourth-order valence-electron chi connectivity index (χ4n) is 3.32. The van der Waals surface area contributed by atoms with E-state index in [-0.39, 0.29) is 28.9 Å². The van der Waals surface area contributed by atoms with Crippen molar-refractivity contribution in [3.8, 4) is 5.75 Å². The van der Waals surface area contributed by atoms with E-state index in [9.17, 15) is 18.5 Å². The fourth-order valence-corrected chi connectivity index (χ4v) is 4.70. The molecule has 0 aromatic heterocycles. The molecule has 1 N–H and O–H groups in total. The van der Waals surface area contributed by atoms with Crippen LogP contribution in [0.4, 0.5) is 5.69 Å². The van der Waals surface area contributed by atoms with E-state index in [1.165, 1.54) is 13.2 Å². The van der Waals surface area contributed by atoms with Crippen LogP contribution in [0, 0.1) is 10.1 Å². The van der Waals surface area contributed by atoms with E-state index in [0.717, 1.165) is 17.7 Å². The van der Waals surface area contributed by atoms with Crippen molar-refractivity contribution >= 4 is 27.3 Å². The SMILES string of the molecule is COc1cc([N+](=O)[O-])ccc1S(=O)(=O)NCC(c1cccc(Cl)c1)N1CCOCC1. The van der Waals surface area contributed by atoms with Crippen molar-refractivity contribution in [3.63, 3.8) is 0 Å². The standard InChI is InChI=1S/C19H22ClN3O6S/c1-28-18-12-16(23(24)25)5-6-19(18)30(26,27)21-13-17(22-7-9-29-10-8-22)14-3-2-4-15(20)11-14/h2-6,11-12,17,21H,7-10,13H2,1H3. The maximum atomic E-state index is 12.9. The number of methoxy groups -OCH3 is 1. The summed E-state index contributed by atoms with van der Waals surface area (Å²) in [7, 11) is -2.72. The highest BCUT2D eigenvalue weighted by Gasteiger charge is 2.27. The van der Waals surface area contributed by atoms with Crippen LogP contribution in [0.2, 0.25) is 5.02 Å². The van der Waals surface area contributed by atoms with Crippen LogP contribution < -0.4 is 9.46 Å². The first-order valence-electron chi connectivity index (χ1n) is 9.21. The van der Waals surface area contributed by atoms with E-state index >= 15 is 0 Å². The molecule has 0 aliphatic carbocycles. The molecule has 0 amide bonds. The van der Waals surface area contributed by atoms with Gasteiger partial charge in [0.2, 0.25) is 10.0 Å². The minimum atomic E-state index is -3.99. The largest absolute Gasteiger partial charge is 0.495 e. The number of benzene rings is 2. The zero-order chi connectivity index (χ0) is 21.7. The van der Waals surface area contributed by atoms with Gasteiger partial charge in [-0.15, -0.1) is 0 Å². The third-order valence-electron chi connectivity index (χ3n) is 4.83. The van der Waals surface area contributed by atoms with E-state index in [2.05, 4.69) is 9.62 Å². The van der Waals surface area contributed by atoms with Gasteiger partial charge in [0.1, 0.15) is 10.6 Å². The molecule has 1 unspecified atom stereocenters. The van der Waals surface area contributed by atoms with E-state index in [0.29, 0.717) is 31.3 Å². The molecule has 30 heavy (non-hydrogen) atoms. The Labute approximate surface area is 179 Å². The molecule has 0 bridgehead atoms. The van der Waals surface area contributed by atoms with Crippen LogP contribution in [-0.4, -0.2) is 58.2 Å².